The van der Waals surface area contributed by atoms with Gasteiger partial charge in [-0.1, -0.05) is 39.0 Å². The summed E-state index contributed by atoms with van der Waals surface area (Å²) in [5.74, 6) is 0.387. The molecule has 1 fully saturated rings. The average molecular weight is 225 g/mol. The second-order valence-electron chi connectivity index (χ2n) is 5.45. The van der Waals surface area contributed by atoms with Gasteiger partial charge < -0.3 is 5.73 Å². The van der Waals surface area contributed by atoms with Gasteiger partial charge in [0.25, 0.3) is 0 Å². The molecule has 0 aromatic carbocycles. The van der Waals surface area contributed by atoms with E-state index in [-0.39, 0.29) is 5.54 Å². The van der Waals surface area contributed by atoms with Gasteiger partial charge in [0.2, 0.25) is 0 Å². The highest BCUT2D eigenvalue weighted by atomic mass is 16.1. The molecule has 0 aromatic heterocycles. The van der Waals surface area contributed by atoms with Crippen LogP contribution in [0.4, 0.5) is 0 Å². The lowest BCUT2D eigenvalue weighted by molar-refractivity contribution is -0.121. The Hall–Kier alpha value is -0.370. The summed E-state index contributed by atoms with van der Waals surface area (Å²) in [6.45, 7) is 2.23. The maximum absolute atomic E-state index is 11.7. The third kappa shape index (κ3) is 5.11. The molecule has 0 spiro atoms. The number of ketones is 1. The molecular formula is C14H27NO. The molecule has 0 atom stereocenters. The molecule has 0 amide bonds. The predicted octanol–water partition coefficient (Wildman–Crippen LogP) is 3.58. The molecule has 2 heteroatoms. The van der Waals surface area contributed by atoms with Crippen LogP contribution in [-0.2, 0) is 4.79 Å². The molecule has 0 aromatic rings. The number of rotatable bonds is 9. The quantitative estimate of drug-likeness (QED) is 0.609. The minimum absolute atomic E-state index is 0.112. The zero-order valence-corrected chi connectivity index (χ0v) is 10.8. The lowest BCUT2D eigenvalue weighted by Gasteiger charge is -2.37. The zero-order valence-electron chi connectivity index (χ0n) is 10.8. The van der Waals surface area contributed by atoms with Crippen molar-refractivity contribution in [2.24, 2.45) is 5.73 Å². The molecule has 0 aliphatic heterocycles. The van der Waals surface area contributed by atoms with Gasteiger partial charge in [-0.2, -0.15) is 0 Å². The van der Waals surface area contributed by atoms with E-state index in [2.05, 4.69) is 6.92 Å². The molecule has 94 valence electrons. The number of hydrogen-bond donors (Lipinski definition) is 1. The number of Topliss-reactive ketones (excluding diaryl/α,β-unsaturated/α-hetero) is 1. The summed E-state index contributed by atoms with van der Waals surface area (Å²) in [5, 5.41) is 0. The summed E-state index contributed by atoms with van der Waals surface area (Å²) in [4.78, 5) is 11.7. The number of hydrogen-bond acceptors (Lipinski definition) is 2. The summed E-state index contributed by atoms with van der Waals surface area (Å²) in [6, 6.07) is 0. The van der Waals surface area contributed by atoms with Crippen LogP contribution in [0.3, 0.4) is 0 Å². The molecule has 1 rings (SSSR count). The molecule has 0 radical (unpaired) electrons. The lowest BCUT2D eigenvalue weighted by Crippen LogP contribution is -2.48. The minimum atomic E-state index is -0.112. The molecule has 1 saturated carbocycles. The van der Waals surface area contributed by atoms with Gasteiger partial charge in [0.15, 0.2) is 0 Å². The number of carbonyl (C=O) groups is 1. The summed E-state index contributed by atoms with van der Waals surface area (Å²) in [6.07, 6.45) is 12.2. The smallest absolute Gasteiger partial charge is 0.134 e. The number of carbonyl (C=O) groups excluding carboxylic acids is 1. The van der Waals surface area contributed by atoms with Crippen molar-refractivity contribution in [1.82, 2.24) is 0 Å². The normalized spacial score (nSPS) is 18.1. The van der Waals surface area contributed by atoms with Gasteiger partial charge in [-0.05, 0) is 25.7 Å². The van der Waals surface area contributed by atoms with Gasteiger partial charge in [0.1, 0.15) is 5.78 Å². The zero-order chi connectivity index (χ0) is 11.9. The van der Waals surface area contributed by atoms with Gasteiger partial charge in [0.05, 0.1) is 0 Å². The topological polar surface area (TPSA) is 43.1 Å². The third-order valence-electron chi connectivity index (χ3n) is 3.71. The van der Waals surface area contributed by atoms with E-state index in [1.54, 1.807) is 0 Å². The van der Waals surface area contributed by atoms with Crippen LogP contribution in [0.5, 0.6) is 0 Å². The molecule has 0 saturated heterocycles. The highest BCUT2D eigenvalue weighted by molar-refractivity contribution is 5.79. The molecule has 16 heavy (non-hydrogen) atoms. The first-order chi connectivity index (χ1) is 7.66. The first-order valence-electron chi connectivity index (χ1n) is 6.97. The van der Waals surface area contributed by atoms with Crippen LogP contribution in [0.2, 0.25) is 0 Å². The second-order valence-corrected chi connectivity index (χ2v) is 5.45. The van der Waals surface area contributed by atoms with Crippen LogP contribution in [0.15, 0.2) is 0 Å². The molecule has 2 N–H and O–H groups in total. The SMILES string of the molecule is CCCCCCCCC(=O)CC1(N)CCC1. The fourth-order valence-corrected chi connectivity index (χ4v) is 2.39. The van der Waals surface area contributed by atoms with Crippen molar-refractivity contribution in [2.45, 2.75) is 83.1 Å². The van der Waals surface area contributed by atoms with E-state index in [1.165, 1.54) is 38.5 Å². The van der Waals surface area contributed by atoms with E-state index in [0.717, 1.165) is 25.7 Å². The minimum Gasteiger partial charge on any atom is -0.325 e. The maximum atomic E-state index is 11.7. The Morgan fingerprint density at radius 3 is 2.31 bits per heavy atom. The van der Waals surface area contributed by atoms with Gasteiger partial charge in [-0.3, -0.25) is 4.79 Å². The first-order valence-corrected chi connectivity index (χ1v) is 6.97. The predicted molar refractivity (Wildman–Crippen MR) is 68.4 cm³/mol. The summed E-state index contributed by atoms with van der Waals surface area (Å²) in [5.41, 5.74) is 5.94. The van der Waals surface area contributed by atoms with E-state index in [4.69, 9.17) is 5.73 Å². The van der Waals surface area contributed by atoms with Crippen LogP contribution >= 0.6 is 0 Å². The van der Waals surface area contributed by atoms with Gasteiger partial charge >= 0.3 is 0 Å². The molecule has 0 unspecified atom stereocenters. The molecular weight excluding hydrogens is 198 g/mol. The Morgan fingerprint density at radius 2 is 1.75 bits per heavy atom. The van der Waals surface area contributed by atoms with Crippen LogP contribution in [0.25, 0.3) is 0 Å². The van der Waals surface area contributed by atoms with Crippen molar-refractivity contribution < 1.29 is 4.79 Å². The first kappa shape index (κ1) is 13.7. The van der Waals surface area contributed by atoms with Crippen molar-refractivity contribution >= 4 is 5.78 Å². The fourth-order valence-electron chi connectivity index (χ4n) is 2.39. The third-order valence-corrected chi connectivity index (χ3v) is 3.71. The van der Waals surface area contributed by atoms with E-state index in [9.17, 15) is 4.79 Å². The van der Waals surface area contributed by atoms with E-state index in [0.29, 0.717) is 12.2 Å². The van der Waals surface area contributed by atoms with Crippen LogP contribution in [0, 0.1) is 0 Å². The second kappa shape index (κ2) is 7.05. The Kier molecular flexibility index (Phi) is 6.04. The Bertz CT molecular complexity index is 209. The van der Waals surface area contributed by atoms with E-state index in [1.807, 2.05) is 0 Å². The fraction of sp³-hybridized carbons (Fsp3) is 0.929. The highest BCUT2D eigenvalue weighted by Gasteiger charge is 2.34. The molecule has 0 heterocycles. The monoisotopic (exact) mass is 225 g/mol. The summed E-state index contributed by atoms with van der Waals surface area (Å²) in [7, 11) is 0. The maximum Gasteiger partial charge on any atom is 0.134 e. The standard InChI is InChI=1S/C14H27NO/c1-2-3-4-5-6-7-9-13(16)12-14(15)10-8-11-14/h2-12,15H2,1H3. The highest BCUT2D eigenvalue weighted by Crippen LogP contribution is 2.32. The molecule has 0 bridgehead atoms. The van der Waals surface area contributed by atoms with Gasteiger partial charge in [-0.15, -0.1) is 0 Å². The van der Waals surface area contributed by atoms with Crippen molar-refractivity contribution in [2.75, 3.05) is 0 Å². The van der Waals surface area contributed by atoms with Crippen molar-refractivity contribution in [1.29, 1.82) is 0 Å². The van der Waals surface area contributed by atoms with Gasteiger partial charge in [0, 0.05) is 18.4 Å². The van der Waals surface area contributed by atoms with E-state index < -0.39 is 0 Å². The van der Waals surface area contributed by atoms with Crippen LogP contribution < -0.4 is 5.73 Å². The van der Waals surface area contributed by atoms with Crippen LogP contribution in [0.1, 0.15) is 77.6 Å². The summed E-state index contributed by atoms with van der Waals surface area (Å²) < 4.78 is 0. The Labute approximate surface area is 100.0 Å². The van der Waals surface area contributed by atoms with Crippen molar-refractivity contribution in [3.63, 3.8) is 0 Å². The summed E-state index contributed by atoms with van der Waals surface area (Å²) >= 11 is 0. The molecule has 1 aliphatic rings. The van der Waals surface area contributed by atoms with Crippen molar-refractivity contribution in [3.05, 3.63) is 0 Å². The lowest BCUT2D eigenvalue weighted by atomic mass is 9.74. The van der Waals surface area contributed by atoms with Crippen molar-refractivity contribution in [3.8, 4) is 0 Å². The number of nitrogens with two attached hydrogens (primary N) is 1. The average Bonchev–Trinajstić information content (AvgIpc) is 2.21. The Balaban J connectivity index is 1.94. The van der Waals surface area contributed by atoms with Crippen LogP contribution in [-0.4, -0.2) is 11.3 Å². The Morgan fingerprint density at radius 1 is 1.12 bits per heavy atom. The largest absolute Gasteiger partial charge is 0.325 e. The van der Waals surface area contributed by atoms with E-state index >= 15 is 0 Å². The molecule has 1 aliphatic carbocycles. The molecule has 2 nitrogen and oxygen atoms in total. The number of unbranched alkanes of at least 4 members (excludes halogenated alkanes) is 5. The van der Waals surface area contributed by atoms with Gasteiger partial charge in [-0.25, -0.2) is 0 Å².